The Morgan fingerprint density at radius 2 is 1.49 bits per heavy atom. The van der Waals surface area contributed by atoms with Crippen LogP contribution in [0.1, 0.15) is 33.3 Å². The van der Waals surface area contributed by atoms with Crippen LogP contribution >= 0.6 is 0 Å². The molecule has 232 valence electrons. The lowest BCUT2D eigenvalue weighted by Gasteiger charge is -2.36. The first-order valence-electron chi connectivity index (χ1n) is 15.2. The molecule has 2 fully saturated rings. The van der Waals surface area contributed by atoms with Crippen LogP contribution in [0.5, 0.6) is 0 Å². The Hall–Kier alpha value is -5.18. The van der Waals surface area contributed by atoms with E-state index in [-0.39, 0.29) is 12.0 Å². The first-order valence-corrected chi connectivity index (χ1v) is 15.2. The third-order valence-corrected chi connectivity index (χ3v) is 8.15. The van der Waals surface area contributed by atoms with Crippen LogP contribution in [0.15, 0.2) is 55.0 Å². The van der Waals surface area contributed by atoms with Gasteiger partial charge in [-0.3, -0.25) is 4.79 Å². The van der Waals surface area contributed by atoms with Crippen molar-refractivity contribution in [3.05, 3.63) is 60.6 Å². The number of carbonyl (C=O) groups excluding carboxylic acids is 2. The summed E-state index contributed by atoms with van der Waals surface area (Å²) in [6, 6.07) is 14.4. The number of carbonyl (C=O) groups is 2. The number of amides is 2. The van der Waals surface area contributed by atoms with Gasteiger partial charge in [0.15, 0.2) is 0 Å². The zero-order valence-electron chi connectivity index (χ0n) is 26.1. The molecule has 45 heavy (non-hydrogen) atoms. The highest BCUT2D eigenvalue weighted by Crippen LogP contribution is 2.30. The first kappa shape index (κ1) is 29.9. The van der Waals surface area contributed by atoms with E-state index in [1.54, 1.807) is 28.7 Å². The number of rotatable bonds is 4. The van der Waals surface area contributed by atoms with Crippen molar-refractivity contribution in [3.8, 4) is 28.6 Å². The highest BCUT2D eigenvalue weighted by Gasteiger charge is 2.26. The zero-order chi connectivity index (χ0) is 31.7. The second-order valence-electron chi connectivity index (χ2n) is 12.3. The minimum atomic E-state index is -0.513. The number of benzene rings is 1. The second-order valence-corrected chi connectivity index (χ2v) is 12.3. The van der Waals surface area contributed by atoms with Crippen molar-refractivity contribution < 1.29 is 14.3 Å². The molecule has 2 aliphatic heterocycles. The minimum Gasteiger partial charge on any atom is -0.444 e. The number of anilines is 2. The average molecular weight is 608 g/mol. The zero-order valence-corrected chi connectivity index (χ0v) is 26.1. The van der Waals surface area contributed by atoms with Crippen molar-refractivity contribution in [2.75, 3.05) is 62.2 Å². The summed E-state index contributed by atoms with van der Waals surface area (Å²) >= 11 is 0. The molecule has 0 N–H and O–H groups in total. The average Bonchev–Trinajstić information content (AvgIpc) is 3.47. The van der Waals surface area contributed by atoms with Crippen LogP contribution in [0.2, 0.25) is 0 Å². The van der Waals surface area contributed by atoms with Gasteiger partial charge in [-0.05, 0) is 45.0 Å². The van der Waals surface area contributed by atoms with E-state index in [9.17, 15) is 14.9 Å². The molecular formula is C33H37N9O3. The highest BCUT2D eigenvalue weighted by atomic mass is 16.6. The Bertz CT molecular complexity index is 1740. The molecule has 0 aliphatic carbocycles. The van der Waals surface area contributed by atoms with Crippen LogP contribution in [-0.2, 0) is 9.53 Å². The molecule has 0 atom stereocenters. The Morgan fingerprint density at radius 1 is 0.844 bits per heavy atom. The predicted octanol–water partition coefficient (Wildman–Crippen LogP) is 4.06. The van der Waals surface area contributed by atoms with Crippen molar-refractivity contribution >= 4 is 29.0 Å². The van der Waals surface area contributed by atoms with Gasteiger partial charge in [-0.25, -0.2) is 19.3 Å². The maximum Gasteiger partial charge on any atom is 0.410 e. The van der Waals surface area contributed by atoms with Crippen molar-refractivity contribution in [3.63, 3.8) is 0 Å². The third-order valence-electron chi connectivity index (χ3n) is 8.15. The third kappa shape index (κ3) is 6.38. The molecule has 4 aromatic rings. The highest BCUT2D eigenvalue weighted by molar-refractivity contribution is 5.83. The molecule has 3 aromatic heterocycles. The number of fused-ring (bicyclic) bond motifs is 1. The molecule has 5 heterocycles. The van der Waals surface area contributed by atoms with E-state index in [1.807, 2.05) is 56.1 Å². The van der Waals surface area contributed by atoms with E-state index in [0.717, 1.165) is 41.4 Å². The number of piperazine rings is 2. The maximum atomic E-state index is 12.5. The fraction of sp³-hybridized carbons (Fsp3) is 0.394. The number of pyridine rings is 1. The minimum absolute atomic E-state index is 0.0924. The summed E-state index contributed by atoms with van der Waals surface area (Å²) in [4.78, 5) is 41.9. The number of aromatic nitrogens is 4. The van der Waals surface area contributed by atoms with Crippen LogP contribution in [0.3, 0.4) is 0 Å². The summed E-state index contributed by atoms with van der Waals surface area (Å²) in [5.74, 6) is 0.931. The van der Waals surface area contributed by atoms with Crippen LogP contribution in [-0.4, -0.2) is 99.3 Å². The number of ether oxygens (including phenoxy) is 1. The maximum absolute atomic E-state index is 12.5. The lowest BCUT2D eigenvalue weighted by molar-refractivity contribution is -0.129. The summed E-state index contributed by atoms with van der Waals surface area (Å²) in [5, 5.41) is 14.2. The lowest BCUT2D eigenvalue weighted by atomic mass is 10.1. The van der Waals surface area contributed by atoms with E-state index in [0.29, 0.717) is 56.0 Å². The van der Waals surface area contributed by atoms with Gasteiger partial charge < -0.3 is 24.3 Å². The molecule has 2 amide bonds. The number of hydrogen-bond acceptors (Lipinski definition) is 9. The summed E-state index contributed by atoms with van der Waals surface area (Å²) in [5.41, 5.74) is 4.67. The largest absolute Gasteiger partial charge is 0.444 e. The van der Waals surface area contributed by atoms with E-state index in [4.69, 9.17) is 14.7 Å². The monoisotopic (exact) mass is 607 g/mol. The Labute approximate surface area is 262 Å². The SMILES string of the molecule is CC(=O)N1CCN(c2ccc(-c3nc(-c4ccc(N5CCN(C(=O)OC(C)(C)C)CC5)cc4)cn4ncc(C#N)c34)cn2)CC1. The van der Waals surface area contributed by atoms with Crippen molar-refractivity contribution in [1.82, 2.24) is 29.4 Å². The van der Waals surface area contributed by atoms with Gasteiger partial charge in [0.1, 0.15) is 28.6 Å². The van der Waals surface area contributed by atoms with Gasteiger partial charge in [0.25, 0.3) is 0 Å². The quantitative estimate of drug-likeness (QED) is 0.338. The number of nitrogens with zero attached hydrogens (tertiary/aromatic N) is 9. The predicted molar refractivity (Wildman–Crippen MR) is 171 cm³/mol. The number of nitriles is 1. The normalized spacial score (nSPS) is 15.7. The van der Waals surface area contributed by atoms with Gasteiger partial charge in [-0.2, -0.15) is 10.4 Å². The van der Waals surface area contributed by atoms with Gasteiger partial charge in [-0.1, -0.05) is 12.1 Å². The summed E-state index contributed by atoms with van der Waals surface area (Å²) in [7, 11) is 0. The second kappa shape index (κ2) is 12.1. The standard InChI is InChI=1S/C33H37N9O3/c1-23(43)38-11-15-40(16-12-38)29-10-7-25(20-35-29)30-31-26(19-34)21-36-42(31)22-28(37-30)24-5-8-27(9-6-24)39-13-17-41(18-14-39)32(44)45-33(2,3)4/h5-10,20-22H,11-18H2,1-4H3. The molecule has 6 rings (SSSR count). The van der Waals surface area contributed by atoms with Gasteiger partial charge in [-0.15, -0.1) is 0 Å². The van der Waals surface area contributed by atoms with E-state index in [1.165, 1.54) is 0 Å². The first-order chi connectivity index (χ1) is 21.6. The van der Waals surface area contributed by atoms with Gasteiger partial charge in [0.05, 0.1) is 23.8 Å². The van der Waals surface area contributed by atoms with Crippen LogP contribution in [0, 0.1) is 11.3 Å². The Morgan fingerprint density at radius 3 is 2.09 bits per heavy atom. The van der Waals surface area contributed by atoms with E-state index >= 15 is 0 Å². The van der Waals surface area contributed by atoms with Crippen LogP contribution in [0.25, 0.3) is 28.0 Å². The molecule has 0 unspecified atom stereocenters. The molecule has 12 heteroatoms. The molecular weight excluding hydrogens is 570 g/mol. The van der Waals surface area contributed by atoms with Gasteiger partial charge in [0.2, 0.25) is 5.91 Å². The molecule has 2 aliphatic rings. The van der Waals surface area contributed by atoms with Crippen molar-refractivity contribution in [2.45, 2.75) is 33.3 Å². The molecule has 0 radical (unpaired) electrons. The van der Waals surface area contributed by atoms with E-state index in [2.05, 4.69) is 33.1 Å². The molecule has 0 spiro atoms. The van der Waals surface area contributed by atoms with Crippen molar-refractivity contribution in [1.29, 1.82) is 5.26 Å². The van der Waals surface area contributed by atoms with Crippen LogP contribution < -0.4 is 9.80 Å². The van der Waals surface area contributed by atoms with E-state index < -0.39 is 5.60 Å². The summed E-state index contributed by atoms with van der Waals surface area (Å²) in [6.07, 6.45) is 4.91. The molecule has 12 nitrogen and oxygen atoms in total. The van der Waals surface area contributed by atoms with Gasteiger partial charge >= 0.3 is 6.09 Å². The van der Waals surface area contributed by atoms with Crippen LogP contribution in [0.4, 0.5) is 16.3 Å². The molecule has 1 aromatic carbocycles. The fourth-order valence-corrected chi connectivity index (χ4v) is 5.72. The topological polar surface area (TPSA) is 123 Å². The molecule has 0 saturated carbocycles. The Kier molecular flexibility index (Phi) is 8.01. The molecule has 0 bridgehead atoms. The van der Waals surface area contributed by atoms with Crippen molar-refractivity contribution in [2.24, 2.45) is 0 Å². The smallest absolute Gasteiger partial charge is 0.410 e. The lowest BCUT2D eigenvalue weighted by Crippen LogP contribution is -2.50. The molecule has 2 saturated heterocycles. The van der Waals surface area contributed by atoms with Gasteiger partial charge in [0, 0.05) is 82.3 Å². The number of hydrogen-bond donors (Lipinski definition) is 0. The summed E-state index contributed by atoms with van der Waals surface area (Å²) < 4.78 is 7.23. The Balaban J connectivity index is 1.21. The summed E-state index contributed by atoms with van der Waals surface area (Å²) in [6.45, 7) is 12.6. The fourth-order valence-electron chi connectivity index (χ4n) is 5.72.